The number of rotatable bonds is 4. The number of urea groups is 1. The lowest BCUT2D eigenvalue weighted by atomic mass is 10.1. The maximum atomic E-state index is 12.2. The van der Waals surface area contributed by atoms with Gasteiger partial charge in [-0.25, -0.2) is 4.79 Å². The van der Waals surface area contributed by atoms with Gasteiger partial charge in [-0.3, -0.25) is 14.9 Å². The molecule has 0 saturated carbocycles. The van der Waals surface area contributed by atoms with Crippen LogP contribution in [0.3, 0.4) is 0 Å². The number of hydrogen-bond acceptors (Lipinski definition) is 4. The van der Waals surface area contributed by atoms with Gasteiger partial charge >= 0.3 is 6.03 Å². The summed E-state index contributed by atoms with van der Waals surface area (Å²) in [6.07, 6.45) is 0. The molecule has 0 aliphatic carbocycles. The minimum atomic E-state index is -0.700. The first-order valence-corrected chi connectivity index (χ1v) is 6.60. The molecule has 0 spiro atoms. The van der Waals surface area contributed by atoms with Crippen LogP contribution >= 0.6 is 0 Å². The van der Waals surface area contributed by atoms with E-state index in [1.807, 2.05) is 0 Å². The molecule has 2 aromatic rings. The summed E-state index contributed by atoms with van der Waals surface area (Å²) in [6.45, 7) is 1.56. The molecule has 2 rings (SSSR count). The van der Waals surface area contributed by atoms with Crippen molar-refractivity contribution in [3.63, 3.8) is 0 Å². The zero-order valence-electron chi connectivity index (χ0n) is 12.2. The number of nitro groups is 1. The van der Waals surface area contributed by atoms with Crippen LogP contribution in [0.1, 0.15) is 15.9 Å². The first-order valence-electron chi connectivity index (χ1n) is 6.60. The Hall–Kier alpha value is -3.42. The Balaban J connectivity index is 2.18. The second-order valence-corrected chi connectivity index (χ2v) is 4.73. The van der Waals surface area contributed by atoms with E-state index in [9.17, 15) is 19.7 Å². The third-order valence-electron chi connectivity index (χ3n) is 3.16. The third kappa shape index (κ3) is 3.82. The number of nitrogens with two attached hydrogens (primary N) is 1. The number of hydrogen-bond donors (Lipinski definition) is 3. The largest absolute Gasteiger partial charge is 0.351 e. The van der Waals surface area contributed by atoms with Gasteiger partial charge in [0.15, 0.2) is 0 Å². The van der Waals surface area contributed by atoms with E-state index in [0.29, 0.717) is 22.5 Å². The number of anilines is 2. The molecule has 118 valence electrons. The number of nitrogens with zero attached hydrogens (tertiary/aromatic N) is 1. The fraction of sp³-hybridized carbons (Fsp3) is 0.0667. The minimum absolute atomic E-state index is 0.0659. The summed E-state index contributed by atoms with van der Waals surface area (Å²) in [6, 6.07) is 9.83. The normalized spacial score (nSPS) is 9.96. The Morgan fingerprint density at radius 2 is 1.74 bits per heavy atom. The molecule has 0 atom stereocenters. The van der Waals surface area contributed by atoms with Crippen LogP contribution in [0.25, 0.3) is 0 Å². The van der Waals surface area contributed by atoms with Crippen molar-refractivity contribution in [2.24, 2.45) is 5.73 Å². The second-order valence-electron chi connectivity index (χ2n) is 4.73. The topological polar surface area (TPSA) is 127 Å². The van der Waals surface area contributed by atoms with E-state index in [-0.39, 0.29) is 5.69 Å². The first kappa shape index (κ1) is 16.0. The van der Waals surface area contributed by atoms with Crippen molar-refractivity contribution in [1.29, 1.82) is 0 Å². The molecular weight excluding hydrogens is 300 g/mol. The molecule has 0 saturated heterocycles. The van der Waals surface area contributed by atoms with Crippen LogP contribution < -0.4 is 16.4 Å². The van der Waals surface area contributed by atoms with Crippen LogP contribution in [0.2, 0.25) is 0 Å². The second kappa shape index (κ2) is 6.56. The van der Waals surface area contributed by atoms with E-state index >= 15 is 0 Å². The monoisotopic (exact) mass is 314 g/mol. The molecule has 3 amide bonds. The van der Waals surface area contributed by atoms with Crippen molar-refractivity contribution >= 4 is 29.0 Å². The van der Waals surface area contributed by atoms with Gasteiger partial charge in [-0.05, 0) is 37.3 Å². The lowest BCUT2D eigenvalue weighted by molar-refractivity contribution is -0.385. The average molecular weight is 314 g/mol. The maximum absolute atomic E-state index is 12.2. The van der Waals surface area contributed by atoms with E-state index in [4.69, 9.17) is 5.73 Å². The molecular formula is C15H14N4O4. The fourth-order valence-corrected chi connectivity index (χ4v) is 2.00. The van der Waals surface area contributed by atoms with Crippen molar-refractivity contribution < 1.29 is 14.5 Å². The van der Waals surface area contributed by atoms with Crippen LogP contribution in [0, 0.1) is 17.0 Å². The molecule has 4 N–H and O–H groups in total. The fourth-order valence-electron chi connectivity index (χ4n) is 2.00. The highest BCUT2D eigenvalue weighted by atomic mass is 16.6. The number of nitrogens with one attached hydrogen (secondary N) is 2. The van der Waals surface area contributed by atoms with Gasteiger partial charge in [-0.1, -0.05) is 6.07 Å². The Morgan fingerprint density at radius 3 is 2.30 bits per heavy atom. The summed E-state index contributed by atoms with van der Waals surface area (Å²) in [4.78, 5) is 33.3. The highest BCUT2D eigenvalue weighted by Gasteiger charge is 2.15. The maximum Gasteiger partial charge on any atom is 0.316 e. The lowest BCUT2D eigenvalue weighted by Crippen LogP contribution is -2.19. The van der Waals surface area contributed by atoms with E-state index in [2.05, 4.69) is 10.6 Å². The first-order chi connectivity index (χ1) is 10.9. The standard InChI is InChI=1S/C15H14N4O4/c1-9-12(3-2-4-13(9)19(22)23)18-14(20)10-5-7-11(8-6-10)17-15(16)21/h2-8H,1H3,(H,18,20)(H3,16,17,21). The van der Waals surface area contributed by atoms with E-state index < -0.39 is 16.9 Å². The van der Waals surface area contributed by atoms with Crippen LogP contribution in [0.4, 0.5) is 21.9 Å². The summed E-state index contributed by atoms with van der Waals surface area (Å²) >= 11 is 0. The van der Waals surface area contributed by atoms with Gasteiger partial charge in [0, 0.05) is 17.3 Å². The van der Waals surface area contributed by atoms with Gasteiger partial charge in [0.05, 0.1) is 16.2 Å². The summed E-state index contributed by atoms with van der Waals surface area (Å²) in [5, 5.41) is 15.9. The number of carbonyl (C=O) groups is 2. The zero-order chi connectivity index (χ0) is 17.0. The Kier molecular flexibility index (Phi) is 4.55. The predicted molar refractivity (Wildman–Crippen MR) is 85.4 cm³/mol. The Bertz CT molecular complexity index is 772. The molecule has 0 fully saturated rings. The molecule has 8 nitrogen and oxygen atoms in total. The van der Waals surface area contributed by atoms with Gasteiger partial charge in [-0.15, -0.1) is 0 Å². The van der Waals surface area contributed by atoms with Gasteiger partial charge in [0.2, 0.25) is 0 Å². The highest BCUT2D eigenvalue weighted by Crippen LogP contribution is 2.25. The van der Waals surface area contributed by atoms with Gasteiger partial charge in [0.25, 0.3) is 11.6 Å². The minimum Gasteiger partial charge on any atom is -0.351 e. The van der Waals surface area contributed by atoms with Crippen molar-refractivity contribution in [1.82, 2.24) is 0 Å². The molecule has 0 unspecified atom stereocenters. The molecule has 0 bridgehead atoms. The van der Waals surface area contributed by atoms with Gasteiger partial charge < -0.3 is 16.4 Å². The van der Waals surface area contributed by atoms with Crippen molar-refractivity contribution in [2.75, 3.05) is 10.6 Å². The number of benzene rings is 2. The number of nitro benzene ring substituents is 1. The highest BCUT2D eigenvalue weighted by molar-refractivity contribution is 6.05. The molecule has 0 aliphatic heterocycles. The molecule has 0 aliphatic rings. The summed E-state index contributed by atoms with van der Waals surface area (Å²) in [5.41, 5.74) is 6.46. The number of amides is 3. The van der Waals surface area contributed by atoms with Crippen LogP contribution in [0.15, 0.2) is 42.5 Å². The van der Waals surface area contributed by atoms with E-state index in [1.54, 1.807) is 13.0 Å². The average Bonchev–Trinajstić information content (AvgIpc) is 2.49. The van der Waals surface area contributed by atoms with Crippen molar-refractivity contribution in [3.05, 3.63) is 63.7 Å². The SMILES string of the molecule is Cc1c(NC(=O)c2ccc(NC(N)=O)cc2)cccc1[N+](=O)[O-]. The van der Waals surface area contributed by atoms with Gasteiger partial charge in [0.1, 0.15) is 0 Å². The number of carbonyl (C=O) groups excluding carboxylic acids is 2. The lowest BCUT2D eigenvalue weighted by Gasteiger charge is -2.09. The molecule has 2 aromatic carbocycles. The summed E-state index contributed by atoms with van der Waals surface area (Å²) in [7, 11) is 0. The molecule has 0 heterocycles. The molecule has 0 aromatic heterocycles. The zero-order valence-corrected chi connectivity index (χ0v) is 12.2. The smallest absolute Gasteiger partial charge is 0.316 e. The van der Waals surface area contributed by atoms with Crippen molar-refractivity contribution in [2.45, 2.75) is 6.92 Å². The third-order valence-corrected chi connectivity index (χ3v) is 3.16. The quantitative estimate of drug-likeness (QED) is 0.592. The summed E-state index contributed by atoms with van der Waals surface area (Å²) in [5.74, 6) is -0.417. The van der Waals surface area contributed by atoms with E-state index in [1.165, 1.54) is 36.4 Å². The molecule has 8 heteroatoms. The van der Waals surface area contributed by atoms with Crippen LogP contribution in [-0.2, 0) is 0 Å². The molecule has 0 radical (unpaired) electrons. The molecule has 23 heavy (non-hydrogen) atoms. The Morgan fingerprint density at radius 1 is 1.09 bits per heavy atom. The van der Waals surface area contributed by atoms with Crippen LogP contribution in [0.5, 0.6) is 0 Å². The number of primary amides is 1. The van der Waals surface area contributed by atoms with E-state index in [0.717, 1.165) is 0 Å². The van der Waals surface area contributed by atoms with Crippen molar-refractivity contribution in [3.8, 4) is 0 Å². The summed E-state index contributed by atoms with van der Waals surface area (Å²) < 4.78 is 0. The predicted octanol–water partition coefficient (Wildman–Crippen LogP) is 2.65. The Labute approximate surface area is 131 Å². The van der Waals surface area contributed by atoms with Gasteiger partial charge in [-0.2, -0.15) is 0 Å². The van der Waals surface area contributed by atoms with Crippen LogP contribution in [-0.4, -0.2) is 16.9 Å².